The fourth-order valence-electron chi connectivity index (χ4n) is 6.79. The van der Waals surface area contributed by atoms with E-state index in [9.17, 15) is 20.1 Å². The summed E-state index contributed by atoms with van der Waals surface area (Å²) >= 11 is 0. The Morgan fingerprint density at radius 1 is 1.13 bits per heavy atom. The number of hydrogen-bond donors (Lipinski definition) is 5. The maximum Gasteiger partial charge on any atom is 0.352 e. The number of rotatable bonds is 9. The van der Waals surface area contributed by atoms with Crippen molar-refractivity contribution in [2.45, 2.75) is 82.3 Å². The van der Waals surface area contributed by atoms with E-state index in [2.05, 4.69) is 16.8 Å². The first-order chi connectivity index (χ1) is 22.7. The molecule has 2 aromatic carbocycles. The fourth-order valence-corrected chi connectivity index (χ4v) is 6.79. The number of aliphatic hydroxyl groups is 2. The van der Waals surface area contributed by atoms with E-state index in [1.807, 2.05) is 36.4 Å². The molecular formula is C36H47N3O8. The van der Waals surface area contributed by atoms with Crippen molar-refractivity contribution < 1.29 is 38.7 Å². The molecule has 0 spiro atoms. The zero-order chi connectivity index (χ0) is 33.0. The topological polar surface area (TPSA) is 164 Å². The van der Waals surface area contributed by atoms with E-state index in [0.717, 1.165) is 104 Å². The third-order valence-corrected chi connectivity index (χ3v) is 9.85. The molecule has 0 amide bonds. The molecule has 7 rings (SSSR count). The number of fused-ring (bicyclic) bond motifs is 2. The van der Waals surface area contributed by atoms with E-state index in [1.165, 1.54) is 0 Å². The number of carbonyl (C=O) groups is 1. The van der Waals surface area contributed by atoms with Crippen LogP contribution in [0, 0.1) is 5.92 Å². The lowest BCUT2D eigenvalue weighted by Gasteiger charge is -2.39. The third-order valence-electron chi connectivity index (χ3n) is 9.85. The molecule has 2 aliphatic heterocycles. The number of H-pyrrole nitrogens is 1. The van der Waals surface area contributed by atoms with Crippen LogP contribution < -0.4 is 15.2 Å². The summed E-state index contributed by atoms with van der Waals surface area (Å²) in [5.41, 5.74) is 7.87. The van der Waals surface area contributed by atoms with Gasteiger partial charge in [-0.05, 0) is 74.8 Å². The minimum atomic E-state index is -1.00. The summed E-state index contributed by atoms with van der Waals surface area (Å²) in [4.78, 5) is 16.5. The highest BCUT2D eigenvalue weighted by molar-refractivity contribution is 5.96. The lowest BCUT2D eigenvalue weighted by molar-refractivity contribution is -0.0252. The molecule has 4 heterocycles. The fraction of sp³-hybridized carbons (Fsp3) is 0.528. The number of nitrogens with one attached hydrogen (secondary N) is 1. The number of ether oxygens (including phenoxy) is 3. The Balaban J connectivity index is 0.000000185. The Labute approximate surface area is 274 Å². The summed E-state index contributed by atoms with van der Waals surface area (Å²) in [6.07, 6.45) is 7.82. The van der Waals surface area contributed by atoms with Gasteiger partial charge in [0.1, 0.15) is 35.5 Å². The van der Waals surface area contributed by atoms with E-state index < -0.39 is 11.6 Å². The number of furan rings is 1. The summed E-state index contributed by atoms with van der Waals surface area (Å²) < 4.78 is 22.9. The van der Waals surface area contributed by atoms with Crippen LogP contribution in [-0.4, -0.2) is 87.9 Å². The number of hydrogen-bond acceptors (Lipinski definition) is 9. The van der Waals surface area contributed by atoms with Gasteiger partial charge in [0.15, 0.2) is 0 Å². The van der Waals surface area contributed by atoms with Gasteiger partial charge >= 0.3 is 5.97 Å². The lowest BCUT2D eigenvalue weighted by atomic mass is 9.80. The van der Waals surface area contributed by atoms with Crippen LogP contribution in [0.5, 0.6) is 11.5 Å². The Kier molecular flexibility index (Phi) is 10.4. The number of aromatic carboxylic acids is 1. The Morgan fingerprint density at radius 2 is 1.96 bits per heavy atom. The minimum Gasteiger partial charge on any atom is -0.488 e. The molecule has 2 aromatic heterocycles. The van der Waals surface area contributed by atoms with Crippen molar-refractivity contribution in [2.75, 3.05) is 32.8 Å². The van der Waals surface area contributed by atoms with Crippen LogP contribution in [0.25, 0.3) is 21.9 Å². The highest BCUT2D eigenvalue weighted by Crippen LogP contribution is 2.32. The first-order valence-electron chi connectivity index (χ1n) is 16.8. The number of aromatic nitrogens is 1. The SMILES string of the molecule is C[C@H]1CN(CCC2(O)CCC(N)CC2)CC[C@@H]1O.O=C(O)c1cc2c(OCc3coc4cc(O[C@H]5CCOC5)ccc34)cccc2[nH]1. The number of likely N-dealkylation sites (tertiary alicyclic amines) is 1. The van der Waals surface area contributed by atoms with Gasteiger partial charge in [0.25, 0.3) is 0 Å². The van der Waals surface area contributed by atoms with E-state index in [4.69, 9.17) is 24.4 Å². The van der Waals surface area contributed by atoms with Crippen molar-refractivity contribution in [3.05, 3.63) is 60.0 Å². The molecule has 0 bridgehead atoms. The number of carboxylic acid groups (broad SMARTS) is 1. The van der Waals surface area contributed by atoms with Crippen molar-refractivity contribution in [3.63, 3.8) is 0 Å². The van der Waals surface area contributed by atoms with Crippen LogP contribution in [0.3, 0.4) is 0 Å². The number of carboxylic acids is 1. The average molecular weight is 650 g/mol. The van der Waals surface area contributed by atoms with Gasteiger partial charge in [-0.2, -0.15) is 0 Å². The summed E-state index contributed by atoms with van der Waals surface area (Å²) in [6.45, 7) is 6.61. The molecule has 11 heteroatoms. The van der Waals surface area contributed by atoms with Gasteiger partial charge in [-0.3, -0.25) is 0 Å². The zero-order valence-electron chi connectivity index (χ0n) is 27.0. The smallest absolute Gasteiger partial charge is 0.352 e. The Bertz CT molecular complexity index is 1640. The van der Waals surface area contributed by atoms with Crippen LogP contribution in [0.4, 0.5) is 0 Å². The second-order valence-electron chi connectivity index (χ2n) is 13.5. The maximum atomic E-state index is 11.2. The molecule has 4 aromatic rings. The molecule has 47 heavy (non-hydrogen) atoms. The molecule has 1 aliphatic carbocycles. The molecule has 6 N–H and O–H groups in total. The molecular weight excluding hydrogens is 602 g/mol. The average Bonchev–Trinajstić information content (AvgIpc) is 3.83. The summed E-state index contributed by atoms with van der Waals surface area (Å²) in [5, 5.41) is 31.1. The van der Waals surface area contributed by atoms with Crippen LogP contribution in [0.2, 0.25) is 0 Å². The van der Waals surface area contributed by atoms with Gasteiger partial charge in [0, 0.05) is 60.0 Å². The number of aromatic amines is 1. The second kappa shape index (κ2) is 14.7. The van der Waals surface area contributed by atoms with Gasteiger partial charge in [0.2, 0.25) is 0 Å². The molecule has 11 nitrogen and oxygen atoms in total. The Morgan fingerprint density at radius 3 is 2.70 bits per heavy atom. The molecule has 0 unspecified atom stereocenters. The lowest BCUT2D eigenvalue weighted by Crippen LogP contribution is -2.45. The monoisotopic (exact) mass is 649 g/mol. The van der Waals surface area contributed by atoms with Crippen LogP contribution in [0.15, 0.2) is 53.1 Å². The highest BCUT2D eigenvalue weighted by Gasteiger charge is 2.33. The predicted molar refractivity (Wildman–Crippen MR) is 178 cm³/mol. The zero-order valence-corrected chi connectivity index (χ0v) is 27.0. The van der Waals surface area contributed by atoms with Gasteiger partial charge in [-0.25, -0.2) is 4.79 Å². The molecule has 254 valence electrons. The van der Waals surface area contributed by atoms with E-state index >= 15 is 0 Å². The summed E-state index contributed by atoms with van der Waals surface area (Å²) in [5.74, 6) is 0.721. The van der Waals surface area contributed by atoms with E-state index in [1.54, 1.807) is 12.3 Å². The van der Waals surface area contributed by atoms with Crippen molar-refractivity contribution in [3.8, 4) is 11.5 Å². The molecule has 0 radical (unpaired) electrons. The molecule has 1 saturated carbocycles. The van der Waals surface area contributed by atoms with Crippen molar-refractivity contribution in [1.82, 2.24) is 9.88 Å². The van der Waals surface area contributed by atoms with E-state index in [0.29, 0.717) is 24.9 Å². The minimum absolute atomic E-state index is 0.0859. The first-order valence-corrected chi connectivity index (χ1v) is 16.8. The standard InChI is InChI=1S/C22H19NO6.C14H28N2O2/c24-22(25)19-9-17-18(23-19)2-1-3-20(17)27-10-13-11-28-21-8-14(4-5-16(13)21)29-15-6-7-26-12-15;1-11-10-16(8-4-13(11)17)9-7-14(18)5-2-12(15)3-6-14/h1-5,8-9,11,15,23H,6-7,10,12H2,(H,24,25);11-13,17-18H,2-10,15H2,1H3/t15-;11-,12?,13-,14?/m00/s1. The Hall–Kier alpha value is -3.61. The normalized spacial score (nSPS) is 26.6. The second-order valence-corrected chi connectivity index (χ2v) is 13.5. The largest absolute Gasteiger partial charge is 0.488 e. The molecule has 3 aliphatic rings. The van der Waals surface area contributed by atoms with Crippen molar-refractivity contribution in [2.24, 2.45) is 11.7 Å². The van der Waals surface area contributed by atoms with Gasteiger partial charge in [0.05, 0.1) is 31.2 Å². The molecule has 3 fully saturated rings. The van der Waals surface area contributed by atoms with Crippen LogP contribution >= 0.6 is 0 Å². The maximum absolute atomic E-state index is 11.2. The number of benzene rings is 2. The number of nitrogens with two attached hydrogens (primary N) is 1. The van der Waals surface area contributed by atoms with Crippen LogP contribution in [0.1, 0.15) is 67.9 Å². The molecule has 2 saturated heterocycles. The van der Waals surface area contributed by atoms with Gasteiger partial charge in [-0.15, -0.1) is 0 Å². The number of piperidine rings is 1. The molecule has 3 atom stereocenters. The van der Waals surface area contributed by atoms with Crippen molar-refractivity contribution in [1.29, 1.82) is 0 Å². The first kappa shape index (κ1) is 33.3. The van der Waals surface area contributed by atoms with Gasteiger partial charge in [-0.1, -0.05) is 13.0 Å². The van der Waals surface area contributed by atoms with Crippen molar-refractivity contribution >= 4 is 27.8 Å². The third kappa shape index (κ3) is 8.28. The highest BCUT2D eigenvalue weighted by atomic mass is 16.5. The summed E-state index contributed by atoms with van der Waals surface area (Å²) in [6, 6.07) is 13.1. The number of nitrogens with zero attached hydrogens (tertiary/aromatic N) is 1. The van der Waals surface area contributed by atoms with E-state index in [-0.39, 0.29) is 23.9 Å². The summed E-state index contributed by atoms with van der Waals surface area (Å²) in [7, 11) is 0. The predicted octanol–water partition coefficient (Wildman–Crippen LogP) is 5.07. The van der Waals surface area contributed by atoms with Crippen LogP contribution in [-0.2, 0) is 11.3 Å². The quantitative estimate of drug-likeness (QED) is 0.165. The van der Waals surface area contributed by atoms with Gasteiger partial charge < -0.3 is 49.6 Å². The number of aliphatic hydroxyl groups excluding tert-OH is 1.